The maximum Gasteiger partial charge on any atom is 0.253 e. The van der Waals surface area contributed by atoms with Crippen LogP contribution in [0.2, 0.25) is 0 Å². The average Bonchev–Trinajstić information content (AvgIpc) is 2.52. The molecule has 0 aliphatic carbocycles. The molecule has 0 bridgehead atoms. The molecule has 1 aliphatic heterocycles. The van der Waals surface area contributed by atoms with E-state index in [9.17, 15) is 13.2 Å². The minimum absolute atomic E-state index is 0.233. The molecule has 2 N–H and O–H groups in total. The highest BCUT2D eigenvalue weighted by Crippen LogP contribution is 2.40. The predicted octanol–water partition coefficient (Wildman–Crippen LogP) is 3.40. The number of ether oxygens (including phenoxy) is 1. The van der Waals surface area contributed by atoms with E-state index in [0.717, 1.165) is 23.1 Å². The van der Waals surface area contributed by atoms with Crippen molar-refractivity contribution in [3.05, 3.63) is 59.2 Å². The Morgan fingerprint density at radius 3 is 2.59 bits per heavy atom. The van der Waals surface area contributed by atoms with Gasteiger partial charge in [0.15, 0.2) is 0 Å². The molecule has 0 fully saturated rings. The number of fused-ring (bicyclic) bond motifs is 1. The first kappa shape index (κ1) is 19.2. The Morgan fingerprint density at radius 2 is 1.89 bits per heavy atom. The van der Waals surface area contributed by atoms with Crippen molar-refractivity contribution >= 4 is 21.6 Å². The van der Waals surface area contributed by atoms with Crippen LogP contribution in [-0.4, -0.2) is 26.2 Å². The molecular formula is C20H24N2O4S. The molecule has 1 heterocycles. The molecule has 0 radical (unpaired) electrons. The zero-order valence-electron chi connectivity index (χ0n) is 15.9. The lowest BCUT2D eigenvalue weighted by Crippen LogP contribution is -2.41. The van der Waals surface area contributed by atoms with Crippen LogP contribution >= 0.6 is 0 Å². The third kappa shape index (κ3) is 4.60. The fourth-order valence-electron chi connectivity index (χ4n) is 3.29. The van der Waals surface area contributed by atoms with Gasteiger partial charge in [-0.2, -0.15) is 0 Å². The number of rotatable bonds is 4. The van der Waals surface area contributed by atoms with Gasteiger partial charge in [0.25, 0.3) is 5.91 Å². The minimum Gasteiger partial charge on any atom is -0.487 e. The monoisotopic (exact) mass is 388 g/mol. The molecular weight excluding hydrogens is 364 g/mol. The Balaban J connectivity index is 1.91. The van der Waals surface area contributed by atoms with Crippen LogP contribution in [0.5, 0.6) is 5.75 Å². The Morgan fingerprint density at radius 1 is 1.19 bits per heavy atom. The summed E-state index contributed by atoms with van der Waals surface area (Å²) in [5, 5.41) is 3.04. The smallest absolute Gasteiger partial charge is 0.253 e. The van der Waals surface area contributed by atoms with Crippen LogP contribution < -0.4 is 14.8 Å². The summed E-state index contributed by atoms with van der Waals surface area (Å²) >= 11 is 0. The number of anilines is 1. The number of sulfonamides is 1. The number of hydrogen-bond donors (Lipinski definition) is 2. The molecule has 1 amide bonds. The highest BCUT2D eigenvalue weighted by Gasteiger charge is 2.35. The molecule has 3 rings (SSSR count). The summed E-state index contributed by atoms with van der Waals surface area (Å²) in [5.41, 5.74) is 2.11. The van der Waals surface area contributed by atoms with Gasteiger partial charge in [-0.1, -0.05) is 24.3 Å². The largest absolute Gasteiger partial charge is 0.487 e. The highest BCUT2D eigenvalue weighted by molar-refractivity contribution is 7.92. The van der Waals surface area contributed by atoms with Gasteiger partial charge in [-0.25, -0.2) is 8.42 Å². The van der Waals surface area contributed by atoms with Crippen molar-refractivity contribution in [2.24, 2.45) is 0 Å². The van der Waals surface area contributed by atoms with Gasteiger partial charge < -0.3 is 10.1 Å². The second kappa shape index (κ2) is 6.88. The Hall–Kier alpha value is -2.54. The van der Waals surface area contributed by atoms with E-state index in [0.29, 0.717) is 6.42 Å². The second-order valence-corrected chi connectivity index (χ2v) is 9.30. The van der Waals surface area contributed by atoms with E-state index in [-0.39, 0.29) is 23.2 Å². The molecule has 1 atom stereocenters. The number of benzene rings is 2. The minimum atomic E-state index is -3.49. The number of nitrogens with one attached hydrogen (secondary N) is 2. The van der Waals surface area contributed by atoms with Crippen LogP contribution in [0.1, 0.15) is 47.8 Å². The summed E-state index contributed by atoms with van der Waals surface area (Å²) in [7, 11) is -3.49. The number of amides is 1. The van der Waals surface area contributed by atoms with Gasteiger partial charge in [-0.3, -0.25) is 9.52 Å². The van der Waals surface area contributed by atoms with E-state index in [1.807, 2.05) is 39.0 Å². The summed E-state index contributed by atoms with van der Waals surface area (Å²) in [5.74, 6) is 0.426. The summed E-state index contributed by atoms with van der Waals surface area (Å²) in [6.45, 7) is 5.96. The molecule has 0 unspecified atom stereocenters. The van der Waals surface area contributed by atoms with Crippen LogP contribution in [-0.2, 0) is 10.0 Å². The van der Waals surface area contributed by atoms with Gasteiger partial charge >= 0.3 is 0 Å². The number of para-hydroxylation sites is 1. The number of aryl methyl sites for hydroxylation is 1. The fourth-order valence-corrected chi connectivity index (χ4v) is 3.87. The van der Waals surface area contributed by atoms with Crippen LogP contribution in [0.25, 0.3) is 0 Å². The normalized spacial score (nSPS) is 18.1. The SMILES string of the molecule is Cc1ccc2c(c1)OC(C)(C)C[C@H]2NC(=O)c1ccccc1NS(C)(=O)=O. The molecule has 1 aliphatic rings. The van der Waals surface area contributed by atoms with Crippen LogP contribution in [0.4, 0.5) is 5.69 Å². The number of hydrogen-bond acceptors (Lipinski definition) is 4. The van der Waals surface area contributed by atoms with Gasteiger partial charge in [0.2, 0.25) is 10.0 Å². The summed E-state index contributed by atoms with van der Waals surface area (Å²) < 4.78 is 31.6. The van der Waals surface area contributed by atoms with Gasteiger partial charge in [-0.15, -0.1) is 0 Å². The van der Waals surface area contributed by atoms with Crippen LogP contribution in [0, 0.1) is 6.92 Å². The van der Waals surface area contributed by atoms with Crippen molar-refractivity contribution in [2.75, 3.05) is 11.0 Å². The maximum absolute atomic E-state index is 12.9. The number of carbonyl (C=O) groups excluding carboxylic acids is 1. The van der Waals surface area contributed by atoms with Crippen LogP contribution in [0.15, 0.2) is 42.5 Å². The first-order valence-electron chi connectivity index (χ1n) is 8.71. The van der Waals surface area contributed by atoms with Crippen LogP contribution in [0.3, 0.4) is 0 Å². The second-order valence-electron chi connectivity index (χ2n) is 7.55. The lowest BCUT2D eigenvalue weighted by molar-refractivity contribution is 0.0619. The summed E-state index contributed by atoms with van der Waals surface area (Å²) in [6.07, 6.45) is 1.66. The van der Waals surface area contributed by atoms with E-state index in [4.69, 9.17) is 4.74 Å². The first-order chi connectivity index (χ1) is 12.5. The molecule has 2 aromatic carbocycles. The van der Waals surface area contributed by atoms with Crippen molar-refractivity contribution in [3.8, 4) is 5.75 Å². The van der Waals surface area contributed by atoms with Gasteiger partial charge in [-0.05, 0) is 44.5 Å². The van der Waals surface area contributed by atoms with E-state index in [1.54, 1.807) is 24.3 Å². The zero-order chi connectivity index (χ0) is 19.8. The van der Waals surface area contributed by atoms with Gasteiger partial charge in [0.05, 0.1) is 23.5 Å². The summed E-state index contributed by atoms with van der Waals surface area (Å²) in [4.78, 5) is 12.9. The van der Waals surface area contributed by atoms with E-state index in [2.05, 4.69) is 10.0 Å². The Kier molecular flexibility index (Phi) is 4.90. The molecule has 144 valence electrons. The quantitative estimate of drug-likeness (QED) is 0.841. The molecule has 2 aromatic rings. The zero-order valence-corrected chi connectivity index (χ0v) is 16.7. The standard InChI is InChI=1S/C20H24N2O4S/c1-13-9-10-14-17(12-20(2,3)26-18(14)11-13)21-19(23)15-7-5-6-8-16(15)22-27(4,24)25/h5-11,17,22H,12H2,1-4H3,(H,21,23)/t17-/m1/s1. The summed E-state index contributed by atoms with van der Waals surface area (Å²) in [6, 6.07) is 12.2. The molecule has 27 heavy (non-hydrogen) atoms. The molecule has 0 spiro atoms. The number of carbonyl (C=O) groups is 1. The van der Waals surface area contributed by atoms with E-state index >= 15 is 0 Å². The van der Waals surface area contributed by atoms with Crippen molar-refractivity contribution in [1.29, 1.82) is 0 Å². The van der Waals surface area contributed by atoms with Crippen molar-refractivity contribution in [3.63, 3.8) is 0 Å². The first-order valence-corrected chi connectivity index (χ1v) is 10.6. The van der Waals surface area contributed by atoms with Gasteiger partial charge in [0.1, 0.15) is 11.4 Å². The third-order valence-electron chi connectivity index (χ3n) is 4.40. The topological polar surface area (TPSA) is 84.5 Å². The Labute approximate surface area is 160 Å². The molecule has 0 saturated carbocycles. The molecule has 6 nitrogen and oxygen atoms in total. The fraction of sp³-hybridized carbons (Fsp3) is 0.350. The lowest BCUT2D eigenvalue weighted by atomic mass is 9.89. The van der Waals surface area contributed by atoms with Gasteiger partial charge in [0, 0.05) is 12.0 Å². The Bertz CT molecular complexity index is 983. The molecule has 0 saturated heterocycles. The average molecular weight is 388 g/mol. The van der Waals surface area contributed by atoms with Crippen molar-refractivity contribution in [2.45, 2.75) is 38.8 Å². The van der Waals surface area contributed by atoms with E-state index < -0.39 is 15.6 Å². The van der Waals surface area contributed by atoms with Crippen molar-refractivity contribution in [1.82, 2.24) is 5.32 Å². The highest BCUT2D eigenvalue weighted by atomic mass is 32.2. The van der Waals surface area contributed by atoms with Crippen molar-refractivity contribution < 1.29 is 17.9 Å². The molecule has 7 heteroatoms. The lowest BCUT2D eigenvalue weighted by Gasteiger charge is -2.38. The van der Waals surface area contributed by atoms with E-state index in [1.165, 1.54) is 0 Å². The maximum atomic E-state index is 12.9. The third-order valence-corrected chi connectivity index (χ3v) is 4.99. The predicted molar refractivity (Wildman–Crippen MR) is 106 cm³/mol. The molecule has 0 aromatic heterocycles.